The fourth-order valence-corrected chi connectivity index (χ4v) is 4.43. The van der Waals surface area contributed by atoms with Crippen LogP contribution in [-0.2, 0) is 11.3 Å². The third-order valence-electron chi connectivity index (χ3n) is 6.06. The standard InChI is InChI=1S/C26H27ClN2O3/c1-28(16-18-5-6-21-15-24(32-2)12-9-20(21)14-18)25(30)22-4-3-13-29(17-22)26(31)19-7-10-23(27)11-8-19/h5-12,14-15,22H,3-4,13,16-17H2,1-2H3. The highest BCUT2D eigenvalue weighted by atomic mass is 35.5. The quantitative estimate of drug-likeness (QED) is 0.548. The molecule has 1 heterocycles. The highest BCUT2D eigenvalue weighted by Gasteiger charge is 2.30. The van der Waals surface area contributed by atoms with Crippen LogP contribution in [0.2, 0.25) is 5.02 Å². The van der Waals surface area contributed by atoms with Crippen molar-refractivity contribution in [3.63, 3.8) is 0 Å². The molecule has 0 spiro atoms. The first kappa shape index (κ1) is 22.2. The lowest BCUT2D eigenvalue weighted by Crippen LogP contribution is -2.45. The van der Waals surface area contributed by atoms with E-state index in [0.29, 0.717) is 30.2 Å². The molecule has 1 unspecified atom stereocenters. The van der Waals surface area contributed by atoms with E-state index in [-0.39, 0.29) is 17.7 Å². The van der Waals surface area contributed by atoms with Gasteiger partial charge in [0, 0.05) is 37.3 Å². The predicted octanol–water partition coefficient (Wildman–Crippen LogP) is 5.01. The van der Waals surface area contributed by atoms with Gasteiger partial charge >= 0.3 is 0 Å². The molecule has 4 rings (SSSR count). The number of methoxy groups -OCH3 is 1. The second kappa shape index (κ2) is 9.61. The molecule has 166 valence electrons. The van der Waals surface area contributed by atoms with Crippen LogP contribution in [0.4, 0.5) is 0 Å². The molecule has 0 N–H and O–H groups in total. The maximum absolute atomic E-state index is 13.2. The zero-order valence-electron chi connectivity index (χ0n) is 18.4. The van der Waals surface area contributed by atoms with E-state index in [0.717, 1.165) is 34.9 Å². The van der Waals surface area contributed by atoms with E-state index in [2.05, 4.69) is 12.1 Å². The van der Waals surface area contributed by atoms with Crippen LogP contribution in [0.25, 0.3) is 10.8 Å². The van der Waals surface area contributed by atoms with Crippen LogP contribution in [0, 0.1) is 5.92 Å². The SMILES string of the molecule is COc1ccc2cc(CN(C)C(=O)C3CCCN(C(=O)c4ccc(Cl)cc4)C3)ccc2c1. The zero-order chi connectivity index (χ0) is 22.7. The van der Waals surface area contributed by atoms with E-state index >= 15 is 0 Å². The number of carbonyl (C=O) groups is 2. The lowest BCUT2D eigenvalue weighted by atomic mass is 9.95. The molecule has 3 aromatic carbocycles. The minimum Gasteiger partial charge on any atom is -0.497 e. The normalized spacial score (nSPS) is 16.1. The maximum atomic E-state index is 13.2. The summed E-state index contributed by atoms with van der Waals surface area (Å²) in [5.41, 5.74) is 1.67. The summed E-state index contributed by atoms with van der Waals surface area (Å²) in [7, 11) is 3.49. The summed E-state index contributed by atoms with van der Waals surface area (Å²) >= 11 is 5.93. The third-order valence-corrected chi connectivity index (χ3v) is 6.31. The second-order valence-electron chi connectivity index (χ2n) is 8.34. The predicted molar refractivity (Wildman–Crippen MR) is 127 cm³/mol. The van der Waals surface area contributed by atoms with Gasteiger partial charge in [0.1, 0.15) is 5.75 Å². The van der Waals surface area contributed by atoms with Crippen molar-refractivity contribution in [2.24, 2.45) is 5.92 Å². The fourth-order valence-electron chi connectivity index (χ4n) is 4.30. The molecule has 3 aromatic rings. The Balaban J connectivity index is 1.41. The molecule has 6 heteroatoms. The molecule has 0 bridgehead atoms. The van der Waals surface area contributed by atoms with E-state index in [4.69, 9.17) is 16.3 Å². The van der Waals surface area contributed by atoms with E-state index in [1.54, 1.807) is 41.2 Å². The van der Waals surface area contributed by atoms with Crippen molar-refractivity contribution in [2.75, 3.05) is 27.2 Å². The lowest BCUT2D eigenvalue weighted by molar-refractivity contribution is -0.136. The van der Waals surface area contributed by atoms with Crippen molar-refractivity contribution < 1.29 is 14.3 Å². The number of likely N-dealkylation sites (tertiary alicyclic amines) is 1. The number of piperidine rings is 1. The first-order valence-corrected chi connectivity index (χ1v) is 11.2. The topological polar surface area (TPSA) is 49.9 Å². The van der Waals surface area contributed by atoms with E-state index in [1.807, 2.05) is 31.3 Å². The molecule has 1 aliphatic rings. The van der Waals surface area contributed by atoms with Crippen molar-refractivity contribution in [3.05, 3.63) is 76.8 Å². The highest BCUT2D eigenvalue weighted by Crippen LogP contribution is 2.24. The summed E-state index contributed by atoms with van der Waals surface area (Å²) in [6.45, 7) is 1.65. The molecule has 2 amide bonds. The van der Waals surface area contributed by atoms with Crippen LogP contribution in [0.5, 0.6) is 5.75 Å². The Hall–Kier alpha value is -3.05. The zero-order valence-corrected chi connectivity index (χ0v) is 19.1. The van der Waals surface area contributed by atoms with Crippen LogP contribution in [0.15, 0.2) is 60.7 Å². The third kappa shape index (κ3) is 4.89. The molecule has 1 saturated heterocycles. The van der Waals surface area contributed by atoms with Gasteiger partial charge in [0.05, 0.1) is 13.0 Å². The Labute approximate surface area is 193 Å². The molecule has 0 aromatic heterocycles. The van der Waals surface area contributed by atoms with Crippen LogP contribution in [0.1, 0.15) is 28.8 Å². The monoisotopic (exact) mass is 450 g/mol. The summed E-state index contributed by atoms with van der Waals surface area (Å²) < 4.78 is 5.29. The number of carbonyl (C=O) groups excluding carboxylic acids is 2. The number of nitrogens with zero attached hydrogens (tertiary/aromatic N) is 2. The van der Waals surface area contributed by atoms with Gasteiger partial charge in [0.2, 0.25) is 5.91 Å². The van der Waals surface area contributed by atoms with Crippen molar-refractivity contribution in [3.8, 4) is 5.75 Å². The average molecular weight is 451 g/mol. The number of benzene rings is 3. The number of ether oxygens (including phenoxy) is 1. The average Bonchev–Trinajstić information content (AvgIpc) is 2.83. The second-order valence-corrected chi connectivity index (χ2v) is 8.78. The Morgan fingerprint density at radius 3 is 2.53 bits per heavy atom. The smallest absolute Gasteiger partial charge is 0.253 e. The van der Waals surface area contributed by atoms with Gasteiger partial charge in [-0.2, -0.15) is 0 Å². The molecule has 1 fully saturated rings. The Morgan fingerprint density at radius 2 is 1.78 bits per heavy atom. The number of rotatable bonds is 5. The summed E-state index contributed by atoms with van der Waals surface area (Å²) in [6.07, 6.45) is 1.62. The molecule has 0 aliphatic carbocycles. The van der Waals surface area contributed by atoms with Crippen molar-refractivity contribution in [1.82, 2.24) is 9.80 Å². The van der Waals surface area contributed by atoms with Gasteiger partial charge in [-0.05, 0) is 71.6 Å². The van der Waals surface area contributed by atoms with Gasteiger partial charge in [-0.3, -0.25) is 9.59 Å². The van der Waals surface area contributed by atoms with E-state index in [1.165, 1.54) is 0 Å². The van der Waals surface area contributed by atoms with Crippen LogP contribution in [0.3, 0.4) is 0 Å². The van der Waals surface area contributed by atoms with Gasteiger partial charge in [0.25, 0.3) is 5.91 Å². The van der Waals surface area contributed by atoms with Gasteiger partial charge < -0.3 is 14.5 Å². The Morgan fingerprint density at radius 1 is 1.06 bits per heavy atom. The van der Waals surface area contributed by atoms with Crippen molar-refractivity contribution in [1.29, 1.82) is 0 Å². The molecular weight excluding hydrogens is 424 g/mol. The number of hydrogen-bond acceptors (Lipinski definition) is 3. The molecule has 1 atom stereocenters. The lowest BCUT2D eigenvalue weighted by Gasteiger charge is -2.34. The van der Waals surface area contributed by atoms with Crippen molar-refractivity contribution >= 4 is 34.2 Å². The number of fused-ring (bicyclic) bond motifs is 1. The van der Waals surface area contributed by atoms with Crippen LogP contribution >= 0.6 is 11.6 Å². The highest BCUT2D eigenvalue weighted by molar-refractivity contribution is 6.30. The molecule has 1 aliphatic heterocycles. The summed E-state index contributed by atoms with van der Waals surface area (Å²) in [5, 5.41) is 2.81. The van der Waals surface area contributed by atoms with Gasteiger partial charge in [-0.15, -0.1) is 0 Å². The van der Waals surface area contributed by atoms with Crippen LogP contribution < -0.4 is 4.74 Å². The van der Waals surface area contributed by atoms with Gasteiger partial charge in [-0.25, -0.2) is 0 Å². The minimum absolute atomic E-state index is 0.0493. The number of hydrogen-bond donors (Lipinski definition) is 0. The van der Waals surface area contributed by atoms with E-state index in [9.17, 15) is 9.59 Å². The summed E-state index contributed by atoms with van der Waals surface area (Å²) in [4.78, 5) is 29.6. The number of halogens is 1. The molecule has 0 saturated carbocycles. The van der Waals surface area contributed by atoms with Crippen molar-refractivity contribution in [2.45, 2.75) is 19.4 Å². The number of amides is 2. The Bertz CT molecular complexity index is 1130. The van der Waals surface area contributed by atoms with Crippen LogP contribution in [-0.4, -0.2) is 48.9 Å². The largest absolute Gasteiger partial charge is 0.497 e. The van der Waals surface area contributed by atoms with Gasteiger partial charge in [0.15, 0.2) is 0 Å². The van der Waals surface area contributed by atoms with Gasteiger partial charge in [-0.1, -0.05) is 29.8 Å². The molecule has 0 radical (unpaired) electrons. The van der Waals surface area contributed by atoms with E-state index < -0.39 is 0 Å². The molecule has 5 nitrogen and oxygen atoms in total. The minimum atomic E-state index is -0.185. The maximum Gasteiger partial charge on any atom is 0.253 e. The summed E-state index contributed by atoms with van der Waals surface area (Å²) in [6, 6.07) is 19.1. The fraction of sp³-hybridized carbons (Fsp3) is 0.308. The molecule has 32 heavy (non-hydrogen) atoms. The first-order valence-electron chi connectivity index (χ1n) is 10.8. The molecular formula is C26H27ClN2O3. The Kier molecular flexibility index (Phi) is 6.66. The first-order chi connectivity index (χ1) is 15.4. The summed E-state index contributed by atoms with van der Waals surface area (Å²) in [5.74, 6) is 0.669.